The standard InChI is InChI=1S/C32H33FN4O4S/c33-25-18-16-24(17-19-25)30(31(39)34-26-12-6-2-7-13-26)37(20-23-10-4-1-5-11-23)29(38)22-42-32-36-35-28(41-32)21-40-27-14-8-3-9-15-27/h1,3-5,8-11,14-19,26,30H,2,6-7,12-13,20-22H2,(H,34,39)/t30-/m1/s1. The maximum atomic E-state index is 13.9. The molecule has 1 aliphatic carbocycles. The van der Waals surface area contributed by atoms with Gasteiger partial charge in [0, 0.05) is 12.6 Å². The third-order valence-electron chi connectivity index (χ3n) is 7.09. The summed E-state index contributed by atoms with van der Waals surface area (Å²) in [5.41, 5.74) is 1.41. The summed E-state index contributed by atoms with van der Waals surface area (Å²) in [6, 6.07) is 23.6. The van der Waals surface area contributed by atoms with Crippen molar-refractivity contribution in [1.29, 1.82) is 0 Å². The number of nitrogens with zero attached hydrogens (tertiary/aromatic N) is 3. The Morgan fingerprint density at radius 2 is 1.64 bits per heavy atom. The summed E-state index contributed by atoms with van der Waals surface area (Å²) in [6.45, 7) is 0.292. The third-order valence-corrected chi connectivity index (χ3v) is 7.89. The van der Waals surface area contributed by atoms with Gasteiger partial charge in [-0.25, -0.2) is 4.39 Å². The van der Waals surface area contributed by atoms with Crippen molar-refractivity contribution in [3.63, 3.8) is 0 Å². The number of para-hydroxylation sites is 1. The molecule has 0 bridgehead atoms. The summed E-state index contributed by atoms with van der Waals surface area (Å²) in [4.78, 5) is 29.2. The van der Waals surface area contributed by atoms with E-state index in [0.717, 1.165) is 49.4 Å². The number of hydrogen-bond acceptors (Lipinski definition) is 7. The van der Waals surface area contributed by atoms with E-state index in [0.29, 0.717) is 11.3 Å². The molecule has 8 nitrogen and oxygen atoms in total. The van der Waals surface area contributed by atoms with E-state index in [9.17, 15) is 14.0 Å². The number of hydrogen-bond donors (Lipinski definition) is 1. The monoisotopic (exact) mass is 588 g/mol. The molecule has 1 heterocycles. The molecule has 10 heteroatoms. The number of nitrogens with one attached hydrogen (secondary N) is 1. The Kier molecular flexibility index (Phi) is 10.2. The lowest BCUT2D eigenvalue weighted by atomic mass is 9.94. The van der Waals surface area contributed by atoms with Crippen LogP contribution in [0.2, 0.25) is 0 Å². The van der Waals surface area contributed by atoms with Gasteiger partial charge in [-0.05, 0) is 48.2 Å². The number of carbonyl (C=O) groups is 2. The predicted octanol–water partition coefficient (Wildman–Crippen LogP) is 6.10. The lowest BCUT2D eigenvalue weighted by Crippen LogP contribution is -2.47. The van der Waals surface area contributed by atoms with Crippen molar-refractivity contribution in [2.24, 2.45) is 0 Å². The Balaban J connectivity index is 1.33. The lowest BCUT2D eigenvalue weighted by Gasteiger charge is -2.33. The molecular weight excluding hydrogens is 555 g/mol. The molecule has 218 valence electrons. The van der Waals surface area contributed by atoms with Crippen molar-refractivity contribution < 1.29 is 23.1 Å². The maximum absolute atomic E-state index is 13.9. The topological polar surface area (TPSA) is 97.6 Å². The second-order valence-electron chi connectivity index (χ2n) is 10.2. The fourth-order valence-electron chi connectivity index (χ4n) is 4.97. The molecule has 1 N–H and O–H groups in total. The van der Waals surface area contributed by atoms with E-state index in [1.165, 1.54) is 12.1 Å². The molecule has 0 radical (unpaired) electrons. The highest BCUT2D eigenvalue weighted by Gasteiger charge is 2.33. The molecule has 1 aromatic heterocycles. The average Bonchev–Trinajstić information content (AvgIpc) is 3.49. The largest absolute Gasteiger partial charge is 0.484 e. The van der Waals surface area contributed by atoms with Gasteiger partial charge in [-0.3, -0.25) is 9.59 Å². The molecule has 4 aromatic rings. The van der Waals surface area contributed by atoms with Gasteiger partial charge in [0.2, 0.25) is 11.8 Å². The van der Waals surface area contributed by atoms with Gasteiger partial charge < -0.3 is 19.4 Å². The van der Waals surface area contributed by atoms with Crippen LogP contribution in [-0.4, -0.2) is 38.7 Å². The highest BCUT2D eigenvalue weighted by molar-refractivity contribution is 7.99. The second-order valence-corrected chi connectivity index (χ2v) is 11.1. The first kappa shape index (κ1) is 29.3. The van der Waals surface area contributed by atoms with Crippen LogP contribution in [-0.2, 0) is 22.7 Å². The number of benzene rings is 3. The number of thioether (sulfide) groups is 1. The molecular formula is C32H33FN4O4S. The molecule has 1 fully saturated rings. The van der Waals surface area contributed by atoms with Gasteiger partial charge in [0.05, 0.1) is 5.75 Å². The van der Waals surface area contributed by atoms with Crippen molar-refractivity contribution in [3.8, 4) is 5.75 Å². The molecule has 1 saturated carbocycles. The van der Waals surface area contributed by atoms with E-state index in [1.54, 1.807) is 17.0 Å². The van der Waals surface area contributed by atoms with Crippen LogP contribution in [0.5, 0.6) is 5.75 Å². The Morgan fingerprint density at radius 3 is 2.36 bits per heavy atom. The van der Waals surface area contributed by atoms with Crippen LogP contribution in [0.25, 0.3) is 0 Å². The molecule has 0 spiro atoms. The molecule has 2 amide bonds. The van der Waals surface area contributed by atoms with Gasteiger partial charge in [-0.2, -0.15) is 0 Å². The smallest absolute Gasteiger partial charge is 0.277 e. The number of amides is 2. The fourth-order valence-corrected chi connectivity index (χ4v) is 5.64. The Labute approximate surface area is 248 Å². The SMILES string of the molecule is O=C(NC1CCCCC1)[C@@H](c1ccc(F)cc1)N(Cc1ccccc1)C(=O)CSc1nnc(COc2ccccc2)o1. The summed E-state index contributed by atoms with van der Waals surface area (Å²) in [6.07, 6.45) is 5.06. The third kappa shape index (κ3) is 8.19. The summed E-state index contributed by atoms with van der Waals surface area (Å²) >= 11 is 1.09. The first-order chi connectivity index (χ1) is 20.5. The second kappa shape index (κ2) is 14.6. The van der Waals surface area contributed by atoms with Crippen LogP contribution < -0.4 is 10.1 Å². The van der Waals surface area contributed by atoms with Crippen LogP contribution >= 0.6 is 11.8 Å². The highest BCUT2D eigenvalue weighted by Crippen LogP contribution is 2.28. The van der Waals surface area contributed by atoms with Crippen molar-refractivity contribution in [2.75, 3.05) is 5.75 Å². The molecule has 1 aliphatic rings. The van der Waals surface area contributed by atoms with E-state index < -0.39 is 11.9 Å². The van der Waals surface area contributed by atoms with Crippen molar-refractivity contribution in [3.05, 3.63) is 108 Å². The van der Waals surface area contributed by atoms with Gasteiger partial charge in [-0.1, -0.05) is 91.7 Å². The van der Waals surface area contributed by atoms with Crippen molar-refractivity contribution >= 4 is 23.6 Å². The molecule has 0 saturated heterocycles. The van der Waals surface area contributed by atoms with Gasteiger partial charge >= 0.3 is 0 Å². The van der Waals surface area contributed by atoms with Crippen LogP contribution in [0.1, 0.15) is 55.2 Å². The van der Waals surface area contributed by atoms with E-state index in [4.69, 9.17) is 9.15 Å². The number of halogens is 1. The van der Waals surface area contributed by atoms with Crippen molar-refractivity contribution in [2.45, 2.75) is 62.6 Å². The Bertz CT molecular complexity index is 1430. The zero-order chi connectivity index (χ0) is 29.1. The first-order valence-corrected chi connectivity index (χ1v) is 15.1. The number of rotatable bonds is 12. The Morgan fingerprint density at radius 1 is 0.952 bits per heavy atom. The number of carbonyl (C=O) groups excluding carboxylic acids is 2. The molecule has 1 atom stereocenters. The van der Waals surface area contributed by atoms with E-state index >= 15 is 0 Å². The highest BCUT2D eigenvalue weighted by atomic mass is 32.2. The molecule has 0 unspecified atom stereocenters. The Hall–Kier alpha value is -4.18. The minimum absolute atomic E-state index is 0.0393. The maximum Gasteiger partial charge on any atom is 0.277 e. The minimum atomic E-state index is -0.946. The minimum Gasteiger partial charge on any atom is -0.484 e. The van der Waals surface area contributed by atoms with E-state index in [2.05, 4.69) is 15.5 Å². The van der Waals surface area contributed by atoms with Crippen LogP contribution in [0, 0.1) is 5.82 Å². The quantitative estimate of drug-likeness (QED) is 0.200. The summed E-state index contributed by atoms with van der Waals surface area (Å²) in [7, 11) is 0. The number of ether oxygens (including phenoxy) is 1. The molecule has 0 aliphatic heterocycles. The average molecular weight is 589 g/mol. The van der Waals surface area contributed by atoms with Gasteiger partial charge in [0.15, 0.2) is 6.61 Å². The normalized spacial score (nSPS) is 14.2. The van der Waals surface area contributed by atoms with E-state index in [-0.39, 0.29) is 47.9 Å². The predicted molar refractivity (Wildman–Crippen MR) is 157 cm³/mol. The summed E-state index contributed by atoms with van der Waals surface area (Å²) < 4.78 is 25.2. The zero-order valence-corrected chi connectivity index (χ0v) is 24.0. The first-order valence-electron chi connectivity index (χ1n) is 14.1. The zero-order valence-electron chi connectivity index (χ0n) is 23.2. The van der Waals surface area contributed by atoms with Gasteiger partial charge in [0.25, 0.3) is 11.1 Å². The van der Waals surface area contributed by atoms with Gasteiger partial charge in [0.1, 0.15) is 17.6 Å². The molecule has 3 aromatic carbocycles. The van der Waals surface area contributed by atoms with Gasteiger partial charge in [-0.15, -0.1) is 10.2 Å². The number of aromatic nitrogens is 2. The lowest BCUT2D eigenvalue weighted by molar-refractivity contribution is -0.140. The molecule has 42 heavy (non-hydrogen) atoms. The van der Waals surface area contributed by atoms with Crippen LogP contribution in [0.4, 0.5) is 4.39 Å². The fraction of sp³-hybridized carbons (Fsp3) is 0.312. The van der Waals surface area contributed by atoms with E-state index in [1.807, 2.05) is 60.7 Å². The summed E-state index contributed by atoms with van der Waals surface area (Å²) in [5, 5.41) is 11.5. The van der Waals surface area contributed by atoms with Crippen molar-refractivity contribution in [1.82, 2.24) is 20.4 Å². The van der Waals surface area contributed by atoms with Crippen LogP contribution in [0.3, 0.4) is 0 Å². The van der Waals surface area contributed by atoms with Crippen LogP contribution in [0.15, 0.2) is 94.6 Å². The summed E-state index contributed by atoms with van der Waals surface area (Å²) in [5.74, 6) is -0.0631. The molecule has 5 rings (SSSR count).